The van der Waals surface area contributed by atoms with Crippen LogP contribution in [0.4, 0.5) is 18.9 Å². The number of nitriles is 2. The molecule has 1 N–H and O–H groups in total. The fraction of sp³-hybridized carbons (Fsp3) is 0.0667. The summed E-state index contributed by atoms with van der Waals surface area (Å²) >= 11 is 5.88. The number of nitrogens with zero attached hydrogens (tertiary/aromatic N) is 2. The van der Waals surface area contributed by atoms with Crippen LogP contribution in [-0.2, 0) is 10.0 Å². The average Bonchev–Trinajstić information content (AvgIpc) is 2.57. The largest absolute Gasteiger partial charge is 0.456 e. The Bertz CT molecular complexity index is 1050. The molecule has 2 aromatic carbocycles. The summed E-state index contributed by atoms with van der Waals surface area (Å²) in [5, 5.41) is 17.5. The van der Waals surface area contributed by atoms with Crippen molar-refractivity contribution in [2.24, 2.45) is 0 Å². The monoisotopic (exact) mass is 401 g/mol. The molecule has 0 radical (unpaired) electrons. The first kappa shape index (κ1) is 19.4. The lowest BCUT2D eigenvalue weighted by molar-refractivity contribution is 0.236. The summed E-state index contributed by atoms with van der Waals surface area (Å²) in [5.74, 6) is -4.76. The Balaban J connectivity index is 2.44. The lowest BCUT2D eigenvalue weighted by Crippen LogP contribution is -2.20. The van der Waals surface area contributed by atoms with E-state index in [0.29, 0.717) is 0 Å². The third kappa shape index (κ3) is 4.17. The highest BCUT2D eigenvalue weighted by Gasteiger charge is 2.26. The first-order valence-corrected chi connectivity index (χ1v) is 8.51. The number of hydrogen-bond acceptors (Lipinski definition) is 5. The summed E-state index contributed by atoms with van der Waals surface area (Å²) < 4.78 is 67.7. The van der Waals surface area contributed by atoms with Crippen molar-refractivity contribution < 1.29 is 26.3 Å². The van der Waals surface area contributed by atoms with Crippen LogP contribution in [0.2, 0.25) is 5.02 Å². The Labute approximate surface area is 151 Å². The smallest absolute Gasteiger partial charge is 0.355 e. The van der Waals surface area contributed by atoms with E-state index in [2.05, 4.69) is 0 Å². The van der Waals surface area contributed by atoms with E-state index < -0.39 is 32.3 Å². The summed E-state index contributed by atoms with van der Waals surface area (Å²) in [6.45, 7) is 0. The summed E-state index contributed by atoms with van der Waals surface area (Å²) in [4.78, 5) is 0. The second-order valence-electron chi connectivity index (χ2n) is 4.71. The zero-order valence-corrected chi connectivity index (χ0v) is 14.1. The Morgan fingerprint density at radius 2 is 1.85 bits per heavy atom. The zero-order valence-electron chi connectivity index (χ0n) is 12.5. The van der Waals surface area contributed by atoms with Gasteiger partial charge in [-0.1, -0.05) is 11.6 Å². The predicted molar refractivity (Wildman–Crippen MR) is 85.9 cm³/mol. The highest BCUT2D eigenvalue weighted by molar-refractivity contribution is 7.93. The van der Waals surface area contributed by atoms with E-state index in [0.717, 1.165) is 24.3 Å². The Morgan fingerprint density at radius 1 is 1.15 bits per heavy atom. The molecule has 0 spiro atoms. The van der Waals surface area contributed by atoms with Gasteiger partial charge in [-0.25, -0.2) is 12.8 Å². The number of rotatable bonds is 5. The molecule has 6 nitrogen and oxygen atoms in total. The van der Waals surface area contributed by atoms with E-state index in [4.69, 9.17) is 21.6 Å². The molecule has 2 aromatic rings. The van der Waals surface area contributed by atoms with Crippen LogP contribution in [0.1, 0.15) is 11.1 Å². The van der Waals surface area contributed by atoms with Crippen LogP contribution in [0.5, 0.6) is 11.5 Å². The molecule has 0 bridgehead atoms. The Kier molecular flexibility index (Phi) is 5.60. The van der Waals surface area contributed by atoms with Gasteiger partial charge in [-0.2, -0.15) is 19.3 Å². The Morgan fingerprint density at radius 3 is 2.42 bits per heavy atom. The summed E-state index contributed by atoms with van der Waals surface area (Å²) in [7, 11) is -4.99. The number of hydrogen-bond donors (Lipinski definition) is 1. The lowest BCUT2D eigenvalue weighted by Gasteiger charge is -2.13. The average molecular weight is 402 g/mol. The second kappa shape index (κ2) is 7.52. The van der Waals surface area contributed by atoms with Crippen molar-refractivity contribution in [3.63, 3.8) is 0 Å². The SMILES string of the molecule is N#Cc1cc(F)cc(Oc2ccc(NS(=O)(=O)C(F)F)c(Cl)c2C#N)c1. The fourth-order valence-electron chi connectivity index (χ4n) is 1.84. The standard InChI is InChI=1S/C15H7ClF3N3O3S/c16-14-11(7-21)13(2-1-12(14)22-26(23,24)15(18)19)25-10-4-8(6-20)3-9(17)5-10/h1-5,15,22H. The highest BCUT2D eigenvalue weighted by atomic mass is 35.5. The fourth-order valence-corrected chi connectivity index (χ4v) is 2.70. The number of sulfonamides is 1. The maximum atomic E-state index is 13.4. The minimum Gasteiger partial charge on any atom is -0.456 e. The van der Waals surface area contributed by atoms with E-state index in [1.165, 1.54) is 6.07 Å². The van der Waals surface area contributed by atoms with Crippen molar-refractivity contribution in [1.29, 1.82) is 10.5 Å². The number of benzene rings is 2. The molecule has 0 fully saturated rings. The number of anilines is 1. The molecular weight excluding hydrogens is 395 g/mol. The van der Waals surface area contributed by atoms with Crippen molar-refractivity contribution in [3.05, 3.63) is 52.3 Å². The molecule has 0 aliphatic heterocycles. The molecule has 134 valence electrons. The third-order valence-electron chi connectivity index (χ3n) is 2.93. The lowest BCUT2D eigenvalue weighted by atomic mass is 10.2. The molecule has 0 atom stereocenters. The van der Waals surface area contributed by atoms with E-state index in [-0.39, 0.29) is 22.6 Å². The van der Waals surface area contributed by atoms with Crippen LogP contribution >= 0.6 is 11.6 Å². The van der Waals surface area contributed by atoms with Crippen LogP contribution in [0, 0.1) is 28.5 Å². The summed E-state index contributed by atoms with van der Waals surface area (Å²) in [6, 6.07) is 8.57. The van der Waals surface area contributed by atoms with E-state index >= 15 is 0 Å². The van der Waals surface area contributed by atoms with Crippen LogP contribution < -0.4 is 9.46 Å². The molecule has 0 unspecified atom stereocenters. The number of halogens is 4. The topological polar surface area (TPSA) is 103 Å². The van der Waals surface area contributed by atoms with Gasteiger partial charge in [0.15, 0.2) is 0 Å². The van der Waals surface area contributed by atoms with E-state index in [1.807, 2.05) is 0 Å². The van der Waals surface area contributed by atoms with Gasteiger partial charge in [0.25, 0.3) is 10.0 Å². The molecule has 0 aliphatic rings. The number of ether oxygens (including phenoxy) is 1. The first-order valence-electron chi connectivity index (χ1n) is 6.59. The number of nitrogens with one attached hydrogen (secondary N) is 1. The van der Waals surface area contributed by atoms with Gasteiger partial charge in [-0.05, 0) is 24.3 Å². The second-order valence-corrected chi connectivity index (χ2v) is 6.74. The van der Waals surface area contributed by atoms with Gasteiger partial charge in [0, 0.05) is 6.07 Å². The van der Waals surface area contributed by atoms with Crippen LogP contribution in [-0.4, -0.2) is 14.2 Å². The van der Waals surface area contributed by atoms with Crippen molar-refractivity contribution in [1.82, 2.24) is 0 Å². The van der Waals surface area contributed by atoms with Crippen molar-refractivity contribution in [2.75, 3.05) is 4.72 Å². The van der Waals surface area contributed by atoms with Crippen LogP contribution in [0.15, 0.2) is 30.3 Å². The molecule has 2 rings (SSSR count). The molecule has 26 heavy (non-hydrogen) atoms. The summed E-state index contributed by atoms with van der Waals surface area (Å²) in [5.41, 5.74) is -0.859. The van der Waals surface area contributed by atoms with E-state index in [9.17, 15) is 26.9 Å². The van der Waals surface area contributed by atoms with Crippen LogP contribution in [0.3, 0.4) is 0 Å². The van der Waals surface area contributed by atoms with Gasteiger partial charge in [0.1, 0.15) is 28.9 Å². The quantitative estimate of drug-likeness (QED) is 0.816. The van der Waals surface area contributed by atoms with Crippen molar-refractivity contribution in [3.8, 4) is 23.6 Å². The Hall–Kier alpha value is -2.95. The maximum absolute atomic E-state index is 13.4. The minimum atomic E-state index is -4.99. The zero-order chi connectivity index (χ0) is 19.5. The van der Waals surface area contributed by atoms with Crippen LogP contribution in [0.25, 0.3) is 0 Å². The molecule has 0 saturated carbocycles. The molecule has 0 heterocycles. The first-order chi connectivity index (χ1) is 12.2. The molecular formula is C15H7ClF3N3O3S. The van der Waals surface area contributed by atoms with E-state index in [1.54, 1.807) is 16.9 Å². The minimum absolute atomic E-state index is 0.0362. The maximum Gasteiger partial charge on any atom is 0.355 e. The number of alkyl halides is 2. The summed E-state index contributed by atoms with van der Waals surface area (Å²) in [6.07, 6.45) is 0. The van der Waals surface area contributed by atoms with Crippen molar-refractivity contribution >= 4 is 27.3 Å². The predicted octanol–water partition coefficient (Wildman–Crippen LogP) is 3.98. The molecule has 0 amide bonds. The molecule has 0 aromatic heterocycles. The normalized spacial score (nSPS) is 10.9. The van der Waals surface area contributed by atoms with Gasteiger partial charge >= 0.3 is 5.76 Å². The molecule has 0 aliphatic carbocycles. The van der Waals surface area contributed by atoms with Gasteiger partial charge in [0.05, 0.1) is 22.3 Å². The third-order valence-corrected chi connectivity index (χ3v) is 4.30. The van der Waals surface area contributed by atoms with Crippen molar-refractivity contribution in [2.45, 2.75) is 5.76 Å². The van der Waals surface area contributed by atoms with Gasteiger partial charge in [-0.15, -0.1) is 0 Å². The van der Waals surface area contributed by atoms with Gasteiger partial charge in [-0.3, -0.25) is 4.72 Å². The highest BCUT2D eigenvalue weighted by Crippen LogP contribution is 2.36. The molecule has 0 saturated heterocycles. The molecule has 11 heteroatoms. The van der Waals surface area contributed by atoms with Gasteiger partial charge in [0.2, 0.25) is 0 Å². The van der Waals surface area contributed by atoms with Gasteiger partial charge < -0.3 is 4.74 Å².